The van der Waals surface area contributed by atoms with Crippen molar-refractivity contribution in [2.24, 2.45) is 5.41 Å². The molecule has 1 N–H and O–H groups in total. The molecule has 0 bridgehead atoms. The molecule has 3 rings (SSSR count). The van der Waals surface area contributed by atoms with Crippen molar-refractivity contribution < 1.29 is 0 Å². The molecule has 2 aliphatic rings. The van der Waals surface area contributed by atoms with Crippen LogP contribution < -0.4 is 5.32 Å². The maximum Gasteiger partial charge on any atom is 0.0408 e. The zero-order valence-corrected chi connectivity index (χ0v) is 12.1. The van der Waals surface area contributed by atoms with Crippen LogP contribution in [0.2, 0.25) is 5.02 Å². The van der Waals surface area contributed by atoms with Gasteiger partial charge in [0.25, 0.3) is 0 Å². The highest BCUT2D eigenvalue weighted by molar-refractivity contribution is 6.30. The van der Waals surface area contributed by atoms with E-state index >= 15 is 0 Å². The Morgan fingerprint density at radius 3 is 2.67 bits per heavy atom. The highest BCUT2D eigenvalue weighted by Crippen LogP contribution is 2.37. The fraction of sp³-hybridized carbons (Fsp3) is 0.625. The Kier molecular flexibility index (Phi) is 3.15. The molecule has 1 nitrogen and oxygen atoms in total. The Morgan fingerprint density at radius 1 is 1.17 bits per heavy atom. The van der Waals surface area contributed by atoms with E-state index in [0.717, 1.165) is 17.5 Å². The first-order valence-electron chi connectivity index (χ1n) is 7.05. The van der Waals surface area contributed by atoms with Crippen molar-refractivity contribution in [3.05, 3.63) is 34.3 Å². The second kappa shape index (κ2) is 4.54. The molecule has 2 atom stereocenters. The van der Waals surface area contributed by atoms with Crippen LogP contribution in [0.4, 0.5) is 0 Å². The summed E-state index contributed by atoms with van der Waals surface area (Å²) >= 11 is 6.06. The van der Waals surface area contributed by atoms with Crippen LogP contribution in [0.1, 0.15) is 44.2 Å². The van der Waals surface area contributed by atoms with Gasteiger partial charge in [-0.1, -0.05) is 31.5 Å². The average Bonchev–Trinajstić information content (AvgIpc) is 2.81. The van der Waals surface area contributed by atoms with Crippen molar-refractivity contribution in [2.45, 2.75) is 58.0 Å². The Hall–Kier alpha value is -0.530. The lowest BCUT2D eigenvalue weighted by molar-refractivity contribution is 0.353. The molecule has 2 aliphatic carbocycles. The Morgan fingerprint density at radius 2 is 1.94 bits per heavy atom. The predicted molar refractivity (Wildman–Crippen MR) is 77.2 cm³/mol. The molecule has 98 valence electrons. The van der Waals surface area contributed by atoms with Crippen molar-refractivity contribution in [1.82, 2.24) is 5.32 Å². The molecule has 2 heteroatoms. The Bertz CT molecular complexity index is 452. The zero-order chi connectivity index (χ0) is 12.8. The van der Waals surface area contributed by atoms with Gasteiger partial charge in [-0.2, -0.15) is 0 Å². The maximum atomic E-state index is 6.06. The van der Waals surface area contributed by atoms with Gasteiger partial charge in [-0.05, 0) is 60.8 Å². The second-order valence-corrected chi connectivity index (χ2v) is 7.23. The highest BCUT2D eigenvalue weighted by atomic mass is 35.5. The maximum absolute atomic E-state index is 6.06. The summed E-state index contributed by atoms with van der Waals surface area (Å²) in [6, 6.07) is 7.68. The van der Waals surface area contributed by atoms with Gasteiger partial charge in [0, 0.05) is 17.1 Å². The largest absolute Gasteiger partial charge is 0.311 e. The summed E-state index contributed by atoms with van der Waals surface area (Å²) in [5, 5.41) is 4.73. The molecule has 0 aliphatic heterocycles. The molecule has 0 amide bonds. The van der Waals surface area contributed by atoms with Crippen LogP contribution in [0.5, 0.6) is 0 Å². The van der Waals surface area contributed by atoms with Crippen LogP contribution in [-0.4, -0.2) is 12.1 Å². The van der Waals surface area contributed by atoms with Crippen molar-refractivity contribution in [3.63, 3.8) is 0 Å². The van der Waals surface area contributed by atoms with Crippen molar-refractivity contribution in [1.29, 1.82) is 0 Å². The van der Waals surface area contributed by atoms with E-state index in [-0.39, 0.29) is 0 Å². The monoisotopic (exact) mass is 263 g/mol. The molecule has 0 radical (unpaired) electrons. The summed E-state index contributed by atoms with van der Waals surface area (Å²) in [5.41, 5.74) is 3.46. The topological polar surface area (TPSA) is 12.0 Å². The van der Waals surface area contributed by atoms with E-state index in [0.29, 0.717) is 11.5 Å². The van der Waals surface area contributed by atoms with Gasteiger partial charge in [0.15, 0.2) is 0 Å². The summed E-state index contributed by atoms with van der Waals surface area (Å²) in [6.07, 6.45) is 6.33. The summed E-state index contributed by atoms with van der Waals surface area (Å²) in [4.78, 5) is 0. The normalized spacial score (nSPS) is 29.5. The molecular weight excluding hydrogens is 242 g/mol. The number of benzene rings is 1. The molecule has 2 unspecified atom stereocenters. The molecule has 0 spiro atoms. The van der Waals surface area contributed by atoms with Gasteiger partial charge in [-0.3, -0.25) is 0 Å². The number of hydrogen-bond acceptors (Lipinski definition) is 1. The van der Waals surface area contributed by atoms with E-state index in [4.69, 9.17) is 11.6 Å². The minimum absolute atomic E-state index is 0.534. The third-order valence-electron chi connectivity index (χ3n) is 4.54. The number of fused-ring (bicyclic) bond motifs is 1. The highest BCUT2D eigenvalue weighted by Gasteiger charge is 2.33. The molecule has 1 aromatic rings. The van der Waals surface area contributed by atoms with E-state index in [2.05, 4.69) is 31.3 Å². The summed E-state index contributed by atoms with van der Waals surface area (Å²) in [6.45, 7) is 4.77. The second-order valence-electron chi connectivity index (χ2n) is 6.79. The summed E-state index contributed by atoms with van der Waals surface area (Å²) < 4.78 is 0. The summed E-state index contributed by atoms with van der Waals surface area (Å²) in [5.74, 6) is 0. The number of rotatable bonds is 2. The molecule has 0 saturated heterocycles. The first-order valence-corrected chi connectivity index (χ1v) is 7.43. The molecule has 0 aromatic heterocycles. The lowest BCUT2D eigenvalue weighted by atomic mass is 9.92. The first-order chi connectivity index (χ1) is 8.52. The van der Waals surface area contributed by atoms with Crippen LogP contribution in [0.3, 0.4) is 0 Å². The SMILES string of the molecule is CC1(C)CCC(NC2Cc3ccc(Cl)cc3C2)C1. The minimum atomic E-state index is 0.534. The third kappa shape index (κ3) is 2.57. The summed E-state index contributed by atoms with van der Waals surface area (Å²) in [7, 11) is 0. The molecule has 1 saturated carbocycles. The van der Waals surface area contributed by atoms with Crippen molar-refractivity contribution in [2.75, 3.05) is 0 Å². The first kappa shape index (κ1) is 12.5. The van der Waals surface area contributed by atoms with E-state index in [1.165, 1.54) is 36.8 Å². The van der Waals surface area contributed by atoms with Crippen LogP contribution in [-0.2, 0) is 12.8 Å². The quantitative estimate of drug-likeness (QED) is 0.851. The molecule has 0 heterocycles. The van der Waals surface area contributed by atoms with Gasteiger partial charge in [-0.25, -0.2) is 0 Å². The van der Waals surface area contributed by atoms with Gasteiger partial charge in [-0.15, -0.1) is 0 Å². The lowest BCUT2D eigenvalue weighted by Gasteiger charge is -2.21. The van der Waals surface area contributed by atoms with E-state index in [1.807, 2.05) is 6.07 Å². The van der Waals surface area contributed by atoms with Gasteiger partial charge in [0.2, 0.25) is 0 Å². The Labute approximate surface area is 115 Å². The molecule has 1 fully saturated rings. The fourth-order valence-corrected chi connectivity index (χ4v) is 3.81. The van der Waals surface area contributed by atoms with Gasteiger partial charge in [0.1, 0.15) is 0 Å². The molecular formula is C16H22ClN. The van der Waals surface area contributed by atoms with Crippen LogP contribution in [0, 0.1) is 5.41 Å². The Balaban J connectivity index is 1.61. The zero-order valence-electron chi connectivity index (χ0n) is 11.3. The molecule has 1 aromatic carbocycles. The smallest absolute Gasteiger partial charge is 0.0408 e. The number of hydrogen-bond donors (Lipinski definition) is 1. The van der Waals surface area contributed by atoms with Crippen molar-refractivity contribution in [3.8, 4) is 0 Å². The van der Waals surface area contributed by atoms with Crippen LogP contribution in [0.15, 0.2) is 18.2 Å². The van der Waals surface area contributed by atoms with E-state index in [1.54, 1.807) is 0 Å². The number of nitrogens with one attached hydrogen (secondary N) is 1. The third-order valence-corrected chi connectivity index (χ3v) is 4.78. The minimum Gasteiger partial charge on any atom is -0.311 e. The molecule has 18 heavy (non-hydrogen) atoms. The van der Waals surface area contributed by atoms with E-state index in [9.17, 15) is 0 Å². The predicted octanol–water partition coefficient (Wildman–Crippen LogP) is 3.98. The van der Waals surface area contributed by atoms with Crippen LogP contribution >= 0.6 is 11.6 Å². The van der Waals surface area contributed by atoms with Crippen LogP contribution in [0.25, 0.3) is 0 Å². The van der Waals surface area contributed by atoms with Gasteiger partial charge < -0.3 is 5.32 Å². The standard InChI is InChI=1S/C16H22ClN/c1-16(2)6-5-14(10-16)18-15-8-11-3-4-13(17)7-12(11)9-15/h3-4,7,14-15,18H,5-6,8-10H2,1-2H3. The number of halogens is 1. The fourth-order valence-electron chi connectivity index (χ4n) is 3.62. The van der Waals surface area contributed by atoms with Gasteiger partial charge >= 0.3 is 0 Å². The van der Waals surface area contributed by atoms with E-state index < -0.39 is 0 Å². The lowest BCUT2D eigenvalue weighted by Crippen LogP contribution is -2.37. The average molecular weight is 264 g/mol. The van der Waals surface area contributed by atoms with Gasteiger partial charge in [0.05, 0.1) is 0 Å². The van der Waals surface area contributed by atoms with Crippen molar-refractivity contribution >= 4 is 11.6 Å².